The van der Waals surface area contributed by atoms with E-state index in [1.54, 1.807) is 0 Å². The summed E-state index contributed by atoms with van der Waals surface area (Å²) >= 11 is 0. The molecule has 4 rings (SSSR count). The van der Waals surface area contributed by atoms with Gasteiger partial charge in [-0.3, -0.25) is 14.6 Å². The van der Waals surface area contributed by atoms with Gasteiger partial charge in [0, 0.05) is 47.8 Å². The summed E-state index contributed by atoms with van der Waals surface area (Å²) in [5.41, 5.74) is 6.03. The average Bonchev–Trinajstić information content (AvgIpc) is 3.04. The van der Waals surface area contributed by atoms with Gasteiger partial charge in [-0.05, 0) is 74.5 Å². The summed E-state index contributed by atoms with van der Waals surface area (Å²) < 4.78 is 0. The average molecular weight is 458 g/mol. The fourth-order valence-electron chi connectivity index (χ4n) is 4.69. The molecule has 178 valence electrons. The van der Waals surface area contributed by atoms with E-state index in [2.05, 4.69) is 27.3 Å². The van der Waals surface area contributed by atoms with Crippen LogP contribution in [0, 0.1) is 12.8 Å². The Labute approximate surface area is 202 Å². The standard InChI is InChI=1S/C29H35N3O2/c1-20(2)28(33)24-11-10-22-13-17-32(18-14-23(22)19-24)16-5-4-15-30-29(34)26-7-6-8-27-25(26)12-9-21(3)31-27/h6-12,19-20H,4-5,13-18H2,1-3H3,(H,30,34). The quantitative estimate of drug-likeness (QED) is 0.382. The van der Waals surface area contributed by atoms with Crippen LogP contribution < -0.4 is 5.32 Å². The van der Waals surface area contributed by atoms with E-state index in [9.17, 15) is 9.59 Å². The molecule has 1 amide bonds. The van der Waals surface area contributed by atoms with Crippen molar-refractivity contribution in [1.29, 1.82) is 0 Å². The molecule has 1 aliphatic rings. The highest BCUT2D eigenvalue weighted by Crippen LogP contribution is 2.20. The molecule has 0 bridgehead atoms. The number of pyridine rings is 1. The molecule has 2 aromatic carbocycles. The van der Waals surface area contributed by atoms with Gasteiger partial charge in [0.15, 0.2) is 5.78 Å². The summed E-state index contributed by atoms with van der Waals surface area (Å²) in [6.07, 6.45) is 4.00. The maximum Gasteiger partial charge on any atom is 0.251 e. The smallest absolute Gasteiger partial charge is 0.251 e. The minimum absolute atomic E-state index is 0.0299. The number of benzene rings is 2. The van der Waals surface area contributed by atoms with Crippen LogP contribution in [0.2, 0.25) is 0 Å². The molecule has 0 fully saturated rings. The number of aromatic nitrogens is 1. The molecular formula is C29H35N3O2. The van der Waals surface area contributed by atoms with Gasteiger partial charge in [-0.15, -0.1) is 0 Å². The van der Waals surface area contributed by atoms with E-state index in [4.69, 9.17) is 0 Å². The lowest BCUT2D eigenvalue weighted by Gasteiger charge is -2.19. The van der Waals surface area contributed by atoms with Gasteiger partial charge in [-0.25, -0.2) is 0 Å². The Morgan fingerprint density at radius 2 is 1.79 bits per heavy atom. The Bertz CT molecular complexity index is 1190. The summed E-state index contributed by atoms with van der Waals surface area (Å²) in [7, 11) is 0. The van der Waals surface area contributed by atoms with Crippen molar-refractivity contribution in [3.8, 4) is 0 Å². The number of carbonyl (C=O) groups excluding carboxylic acids is 2. The largest absolute Gasteiger partial charge is 0.352 e. The zero-order valence-electron chi connectivity index (χ0n) is 20.6. The zero-order valence-corrected chi connectivity index (χ0v) is 20.6. The second-order valence-corrected chi connectivity index (χ2v) is 9.63. The summed E-state index contributed by atoms with van der Waals surface area (Å²) in [5.74, 6) is 0.219. The van der Waals surface area contributed by atoms with Gasteiger partial charge < -0.3 is 10.2 Å². The van der Waals surface area contributed by atoms with Crippen LogP contribution in [0.3, 0.4) is 0 Å². The Balaban J connectivity index is 1.23. The molecule has 0 radical (unpaired) electrons. The highest BCUT2D eigenvalue weighted by atomic mass is 16.1. The maximum atomic E-state index is 12.7. The van der Waals surface area contributed by atoms with Gasteiger partial charge in [0.05, 0.1) is 5.52 Å². The molecule has 0 unspecified atom stereocenters. The summed E-state index contributed by atoms with van der Waals surface area (Å²) in [6, 6.07) is 15.9. The van der Waals surface area contributed by atoms with Gasteiger partial charge in [-0.1, -0.05) is 38.1 Å². The molecule has 1 aromatic heterocycles. The number of Topliss-reactive ketones (excluding diaryl/α,β-unsaturated/α-hetero) is 1. The van der Waals surface area contributed by atoms with Gasteiger partial charge in [0.1, 0.15) is 0 Å². The number of hydrogen-bond donors (Lipinski definition) is 1. The molecule has 1 N–H and O–H groups in total. The van der Waals surface area contributed by atoms with Gasteiger partial charge >= 0.3 is 0 Å². The van der Waals surface area contributed by atoms with Crippen molar-refractivity contribution in [3.63, 3.8) is 0 Å². The molecule has 0 saturated heterocycles. The van der Waals surface area contributed by atoms with Gasteiger partial charge in [0.25, 0.3) is 5.91 Å². The first-order chi connectivity index (χ1) is 16.4. The van der Waals surface area contributed by atoms with Crippen LogP contribution in [-0.2, 0) is 12.8 Å². The Kier molecular flexibility index (Phi) is 7.73. The first kappa shape index (κ1) is 24.1. The van der Waals surface area contributed by atoms with Crippen LogP contribution >= 0.6 is 0 Å². The van der Waals surface area contributed by atoms with Crippen LogP contribution in [-0.4, -0.2) is 47.8 Å². The van der Waals surface area contributed by atoms with E-state index >= 15 is 0 Å². The number of fused-ring (bicyclic) bond motifs is 2. The fraction of sp³-hybridized carbons (Fsp3) is 0.414. The van der Waals surface area contributed by atoms with E-state index in [1.165, 1.54) is 11.1 Å². The lowest BCUT2D eigenvalue weighted by atomic mass is 9.95. The summed E-state index contributed by atoms with van der Waals surface area (Å²) in [6.45, 7) is 9.62. The summed E-state index contributed by atoms with van der Waals surface area (Å²) in [5, 5.41) is 3.97. The molecule has 0 aliphatic carbocycles. The van der Waals surface area contributed by atoms with Crippen molar-refractivity contribution in [3.05, 3.63) is 76.5 Å². The van der Waals surface area contributed by atoms with Crippen LogP contribution in [0.5, 0.6) is 0 Å². The first-order valence-electron chi connectivity index (χ1n) is 12.5. The third-order valence-electron chi connectivity index (χ3n) is 6.71. The van der Waals surface area contributed by atoms with Crippen molar-refractivity contribution in [1.82, 2.24) is 15.2 Å². The molecule has 0 spiro atoms. The maximum absolute atomic E-state index is 12.7. The number of nitrogens with one attached hydrogen (secondary N) is 1. The fourth-order valence-corrected chi connectivity index (χ4v) is 4.69. The van der Waals surface area contributed by atoms with Crippen molar-refractivity contribution in [2.45, 2.75) is 46.5 Å². The lowest BCUT2D eigenvalue weighted by Crippen LogP contribution is -2.29. The Morgan fingerprint density at radius 3 is 2.59 bits per heavy atom. The first-order valence-corrected chi connectivity index (χ1v) is 12.5. The molecule has 5 nitrogen and oxygen atoms in total. The van der Waals surface area contributed by atoms with Crippen molar-refractivity contribution >= 4 is 22.6 Å². The predicted octanol–water partition coefficient (Wildman–Crippen LogP) is 4.99. The number of rotatable bonds is 8. The highest BCUT2D eigenvalue weighted by Gasteiger charge is 2.17. The number of amides is 1. The third-order valence-corrected chi connectivity index (χ3v) is 6.71. The van der Waals surface area contributed by atoms with Crippen molar-refractivity contribution in [2.75, 3.05) is 26.2 Å². The predicted molar refractivity (Wildman–Crippen MR) is 138 cm³/mol. The zero-order chi connectivity index (χ0) is 24.1. The second kappa shape index (κ2) is 10.9. The second-order valence-electron chi connectivity index (χ2n) is 9.63. The molecule has 2 heterocycles. The van der Waals surface area contributed by atoms with Gasteiger partial charge in [-0.2, -0.15) is 0 Å². The number of carbonyl (C=O) groups is 2. The van der Waals surface area contributed by atoms with E-state index in [0.29, 0.717) is 12.1 Å². The van der Waals surface area contributed by atoms with E-state index in [1.807, 2.05) is 57.2 Å². The third kappa shape index (κ3) is 5.71. The Morgan fingerprint density at radius 1 is 1.00 bits per heavy atom. The van der Waals surface area contributed by atoms with Crippen LogP contribution in [0.15, 0.2) is 48.5 Å². The minimum Gasteiger partial charge on any atom is -0.352 e. The van der Waals surface area contributed by atoms with Crippen LogP contribution in [0.1, 0.15) is 64.2 Å². The minimum atomic E-state index is -0.0341. The van der Waals surface area contributed by atoms with E-state index < -0.39 is 0 Å². The SMILES string of the molecule is Cc1ccc2c(C(=O)NCCCCN3CCc4ccc(C(=O)C(C)C)cc4CC3)cccc2n1. The van der Waals surface area contributed by atoms with E-state index in [0.717, 1.165) is 67.5 Å². The van der Waals surface area contributed by atoms with Crippen molar-refractivity contribution < 1.29 is 9.59 Å². The highest BCUT2D eigenvalue weighted by molar-refractivity contribution is 6.06. The van der Waals surface area contributed by atoms with E-state index in [-0.39, 0.29) is 17.6 Å². The molecular weight excluding hydrogens is 422 g/mol. The lowest BCUT2D eigenvalue weighted by molar-refractivity contribution is 0.0936. The normalized spacial score (nSPS) is 14.1. The Hall–Kier alpha value is -3.05. The van der Waals surface area contributed by atoms with Crippen LogP contribution in [0.25, 0.3) is 10.9 Å². The molecule has 3 aromatic rings. The molecule has 0 saturated carbocycles. The molecule has 1 aliphatic heterocycles. The molecule has 5 heteroatoms. The monoisotopic (exact) mass is 457 g/mol. The number of unbranched alkanes of at least 4 members (excludes halogenated alkanes) is 1. The number of hydrogen-bond acceptors (Lipinski definition) is 4. The number of aryl methyl sites for hydroxylation is 1. The van der Waals surface area contributed by atoms with Gasteiger partial charge in [0.2, 0.25) is 0 Å². The summed E-state index contributed by atoms with van der Waals surface area (Å²) in [4.78, 5) is 32.1. The topological polar surface area (TPSA) is 62.3 Å². The van der Waals surface area contributed by atoms with Crippen molar-refractivity contribution in [2.24, 2.45) is 5.92 Å². The number of nitrogens with zero attached hydrogens (tertiary/aromatic N) is 2. The number of ketones is 1. The molecule has 34 heavy (non-hydrogen) atoms. The van der Waals surface area contributed by atoms with Crippen LogP contribution in [0.4, 0.5) is 0 Å². The molecule has 0 atom stereocenters.